The van der Waals surface area contributed by atoms with Crippen molar-refractivity contribution in [1.29, 1.82) is 0 Å². The summed E-state index contributed by atoms with van der Waals surface area (Å²) in [6, 6.07) is 9.04. The minimum absolute atomic E-state index is 0.174. The fraction of sp³-hybridized carbons (Fsp3) is 0.643. The van der Waals surface area contributed by atoms with Gasteiger partial charge in [-0.2, -0.15) is 0 Å². The Kier molecular flexibility index (Phi) is 9.75. The van der Waals surface area contributed by atoms with Crippen LogP contribution in [0.15, 0.2) is 30.3 Å². The zero-order valence-corrected chi connectivity index (χ0v) is 21.7. The lowest BCUT2D eigenvalue weighted by molar-refractivity contribution is -0.127. The molecule has 1 saturated carbocycles. The van der Waals surface area contributed by atoms with E-state index in [9.17, 15) is 19.8 Å². The molecule has 1 aliphatic rings. The maximum absolute atomic E-state index is 13.1. The Labute approximate surface area is 209 Å². The van der Waals surface area contributed by atoms with Crippen molar-refractivity contribution in [2.24, 2.45) is 17.8 Å². The van der Waals surface area contributed by atoms with Crippen LogP contribution in [0.4, 0.5) is 0 Å². The number of carbonyl (C=O) groups excluding carboxylic acids is 2. The first-order valence-corrected chi connectivity index (χ1v) is 13.2. The summed E-state index contributed by atoms with van der Waals surface area (Å²) in [7, 11) is 1.69. The third-order valence-electron chi connectivity index (χ3n) is 7.26. The number of aliphatic hydroxyl groups is 2. The van der Waals surface area contributed by atoms with E-state index in [4.69, 9.17) is 0 Å². The topological polar surface area (TPSA) is 106 Å². The monoisotopic (exact) mass is 485 g/mol. The number of rotatable bonds is 11. The second kappa shape index (κ2) is 12.5. The van der Waals surface area contributed by atoms with Gasteiger partial charge in [-0.05, 0) is 36.8 Å². The fourth-order valence-corrected chi connectivity index (χ4v) is 5.25. The van der Waals surface area contributed by atoms with Gasteiger partial charge in [0.1, 0.15) is 11.8 Å². The van der Waals surface area contributed by atoms with Gasteiger partial charge < -0.3 is 25.4 Å². The second-order valence-electron chi connectivity index (χ2n) is 10.9. The summed E-state index contributed by atoms with van der Waals surface area (Å²) in [5.74, 6) is -0.160. The van der Waals surface area contributed by atoms with Gasteiger partial charge in [-0.15, -0.1) is 0 Å². The van der Waals surface area contributed by atoms with E-state index in [1.54, 1.807) is 18.9 Å². The van der Waals surface area contributed by atoms with E-state index in [1.807, 2.05) is 44.2 Å². The molecule has 0 saturated heterocycles. The van der Waals surface area contributed by atoms with Gasteiger partial charge in [-0.25, -0.2) is 0 Å². The van der Waals surface area contributed by atoms with Crippen molar-refractivity contribution < 1.29 is 19.8 Å². The van der Waals surface area contributed by atoms with Crippen LogP contribution in [0, 0.1) is 17.8 Å². The van der Waals surface area contributed by atoms with E-state index < -0.39 is 24.2 Å². The average Bonchev–Trinajstić information content (AvgIpc) is 3.27. The largest absolute Gasteiger partial charge is 0.390 e. The average molecular weight is 486 g/mol. The van der Waals surface area contributed by atoms with Crippen LogP contribution in [-0.2, 0) is 4.79 Å². The number of benzene rings is 1. The maximum atomic E-state index is 13.1. The molecule has 1 heterocycles. The van der Waals surface area contributed by atoms with Gasteiger partial charge in [0.15, 0.2) is 0 Å². The van der Waals surface area contributed by atoms with E-state index in [1.165, 1.54) is 19.3 Å². The summed E-state index contributed by atoms with van der Waals surface area (Å²) in [5, 5.41) is 25.5. The Bertz CT molecular complexity index is 933. The number of para-hydroxylation sites is 1. The minimum atomic E-state index is -1.01. The number of carbonyl (C=O) groups is 2. The number of aromatic amines is 1. The summed E-state index contributed by atoms with van der Waals surface area (Å²) < 4.78 is 0. The van der Waals surface area contributed by atoms with Gasteiger partial charge in [0, 0.05) is 24.5 Å². The first-order chi connectivity index (χ1) is 16.7. The molecule has 3 rings (SSSR count). The smallest absolute Gasteiger partial charge is 0.270 e. The molecule has 194 valence electrons. The van der Waals surface area contributed by atoms with Crippen molar-refractivity contribution in [2.75, 3.05) is 13.6 Å². The lowest BCUT2D eigenvalue weighted by Crippen LogP contribution is -2.52. The predicted octanol–water partition coefficient (Wildman–Crippen LogP) is 4.10. The Hall–Kier alpha value is -2.38. The lowest BCUT2D eigenvalue weighted by Gasteiger charge is -2.33. The van der Waals surface area contributed by atoms with Gasteiger partial charge in [-0.3, -0.25) is 9.59 Å². The molecule has 2 aromatic rings. The quantitative estimate of drug-likeness (QED) is 0.384. The van der Waals surface area contributed by atoms with Crippen molar-refractivity contribution in [3.63, 3.8) is 0 Å². The highest BCUT2D eigenvalue weighted by Gasteiger charge is 2.32. The first kappa shape index (κ1) is 27.2. The lowest BCUT2D eigenvalue weighted by atomic mass is 9.82. The highest BCUT2D eigenvalue weighted by Crippen LogP contribution is 2.29. The molecule has 7 nitrogen and oxygen atoms in total. The molecule has 0 radical (unpaired) electrons. The summed E-state index contributed by atoms with van der Waals surface area (Å²) >= 11 is 0. The number of aromatic nitrogens is 1. The van der Waals surface area contributed by atoms with Crippen molar-refractivity contribution in [3.05, 3.63) is 36.0 Å². The number of amides is 2. The molecule has 0 aliphatic heterocycles. The molecule has 4 atom stereocenters. The highest BCUT2D eigenvalue weighted by molar-refractivity contribution is 5.98. The predicted molar refractivity (Wildman–Crippen MR) is 139 cm³/mol. The van der Waals surface area contributed by atoms with Gasteiger partial charge in [0.2, 0.25) is 5.91 Å². The Morgan fingerprint density at radius 3 is 2.46 bits per heavy atom. The van der Waals surface area contributed by atoms with Gasteiger partial charge in [0.25, 0.3) is 5.91 Å². The number of H-pyrrole nitrogens is 1. The fourth-order valence-electron chi connectivity index (χ4n) is 5.25. The van der Waals surface area contributed by atoms with Crippen LogP contribution < -0.4 is 5.32 Å². The van der Waals surface area contributed by atoms with E-state index in [2.05, 4.69) is 10.3 Å². The summed E-state index contributed by atoms with van der Waals surface area (Å²) in [4.78, 5) is 30.8. The molecule has 1 aromatic carbocycles. The molecule has 7 heteroatoms. The van der Waals surface area contributed by atoms with Crippen LogP contribution in [-0.4, -0.2) is 63.8 Å². The van der Waals surface area contributed by atoms with Crippen LogP contribution in [0.25, 0.3) is 10.9 Å². The van der Waals surface area contributed by atoms with Crippen LogP contribution in [0.3, 0.4) is 0 Å². The van der Waals surface area contributed by atoms with Crippen LogP contribution >= 0.6 is 0 Å². The molecule has 1 aliphatic carbocycles. The summed E-state index contributed by atoms with van der Waals surface area (Å²) in [6.45, 7) is 6.05. The molecule has 0 spiro atoms. The minimum Gasteiger partial charge on any atom is -0.390 e. The summed E-state index contributed by atoms with van der Waals surface area (Å²) in [6.07, 6.45) is 5.02. The van der Waals surface area contributed by atoms with Crippen molar-refractivity contribution in [1.82, 2.24) is 15.2 Å². The molecule has 1 aromatic heterocycles. The van der Waals surface area contributed by atoms with Gasteiger partial charge >= 0.3 is 0 Å². The number of nitrogens with one attached hydrogen (secondary N) is 2. The third kappa shape index (κ3) is 7.55. The normalized spacial score (nSPS) is 18.3. The van der Waals surface area contributed by atoms with Crippen molar-refractivity contribution in [2.45, 2.75) is 84.0 Å². The van der Waals surface area contributed by atoms with Gasteiger partial charge in [0.05, 0.1) is 18.1 Å². The van der Waals surface area contributed by atoms with E-state index in [-0.39, 0.29) is 24.3 Å². The van der Waals surface area contributed by atoms with Crippen LogP contribution in [0.1, 0.15) is 76.2 Å². The number of hydrogen-bond donors (Lipinski definition) is 4. The second-order valence-corrected chi connectivity index (χ2v) is 10.9. The third-order valence-corrected chi connectivity index (χ3v) is 7.26. The molecule has 35 heavy (non-hydrogen) atoms. The number of aliphatic hydroxyl groups excluding tert-OH is 2. The van der Waals surface area contributed by atoms with Crippen molar-refractivity contribution in [3.8, 4) is 0 Å². The van der Waals surface area contributed by atoms with Crippen molar-refractivity contribution >= 4 is 22.7 Å². The van der Waals surface area contributed by atoms with Gasteiger partial charge in [-0.1, -0.05) is 71.1 Å². The maximum Gasteiger partial charge on any atom is 0.270 e. The standard InChI is InChI=1S/C28H43N3O4/c1-18(2)14-25(32)26(33)23(15-20-10-6-5-7-11-20)30-27(34)19(3)17-31(4)28(35)24-16-21-12-8-9-13-22(21)29-24/h8-9,12-13,16,18-20,23,25-26,29,32-33H,5-7,10-11,14-15,17H2,1-4H3,(H,30,34)/t19-,23-,25-,26+/m0/s1. The molecular weight excluding hydrogens is 442 g/mol. The van der Waals surface area contributed by atoms with E-state index in [0.717, 1.165) is 23.7 Å². The zero-order valence-electron chi connectivity index (χ0n) is 21.7. The number of hydrogen-bond acceptors (Lipinski definition) is 4. The number of nitrogens with zero attached hydrogens (tertiary/aromatic N) is 1. The van der Waals surface area contributed by atoms with E-state index in [0.29, 0.717) is 24.5 Å². The molecular formula is C28H43N3O4. The van der Waals surface area contributed by atoms with Crippen LogP contribution in [0.2, 0.25) is 0 Å². The SMILES string of the molecule is CC(C)C[C@H](O)[C@H](O)[C@H](CC1CCCCC1)NC(=O)[C@@H](C)CN(C)C(=O)c1cc2ccccc2[nH]1. The molecule has 0 unspecified atom stereocenters. The molecule has 2 amide bonds. The number of fused-ring (bicyclic) bond motifs is 1. The highest BCUT2D eigenvalue weighted by atomic mass is 16.3. The van der Waals surface area contributed by atoms with E-state index >= 15 is 0 Å². The Morgan fingerprint density at radius 2 is 1.80 bits per heavy atom. The molecule has 4 N–H and O–H groups in total. The first-order valence-electron chi connectivity index (χ1n) is 13.2. The summed E-state index contributed by atoms with van der Waals surface area (Å²) in [5.41, 5.74) is 1.39. The zero-order chi connectivity index (χ0) is 25.5. The molecule has 1 fully saturated rings. The Morgan fingerprint density at radius 1 is 1.11 bits per heavy atom. The van der Waals surface area contributed by atoms with Crippen LogP contribution in [0.5, 0.6) is 0 Å². The Balaban J connectivity index is 1.62. The molecule has 0 bridgehead atoms.